The maximum atomic E-state index is 8.88. The van der Waals surface area contributed by atoms with E-state index >= 15 is 0 Å². The Hall–Kier alpha value is -2.08. The van der Waals surface area contributed by atoms with E-state index in [0.717, 1.165) is 11.4 Å². The maximum absolute atomic E-state index is 8.88. The second kappa shape index (κ2) is 3.82. The normalized spacial score (nSPS) is 10.1. The van der Waals surface area contributed by atoms with E-state index in [0.29, 0.717) is 5.69 Å². The Kier molecular flexibility index (Phi) is 2.49. The molecule has 1 aromatic heterocycles. The van der Waals surface area contributed by atoms with Crippen LogP contribution in [-0.4, -0.2) is 9.55 Å². The van der Waals surface area contributed by atoms with Crippen molar-refractivity contribution >= 4 is 0 Å². The van der Waals surface area contributed by atoms with E-state index in [2.05, 4.69) is 37.0 Å². The molecule has 2 rings (SSSR count). The minimum Gasteiger partial charge on any atom is -0.319 e. The van der Waals surface area contributed by atoms with Crippen LogP contribution in [0.4, 0.5) is 0 Å². The first-order valence-corrected chi connectivity index (χ1v) is 5.13. The average molecular weight is 211 g/mol. The van der Waals surface area contributed by atoms with Crippen LogP contribution in [0.15, 0.2) is 24.4 Å². The molecule has 16 heavy (non-hydrogen) atoms. The highest BCUT2D eigenvalue weighted by molar-refractivity contribution is 5.62. The molecule has 3 heteroatoms. The molecule has 0 fully saturated rings. The smallest absolute Gasteiger partial charge is 0.140 e. The first kappa shape index (κ1) is 10.4. The summed E-state index contributed by atoms with van der Waals surface area (Å²) in [4.78, 5) is 4.29. The Balaban J connectivity index is 2.60. The molecule has 0 bridgehead atoms. The number of aromatic nitrogens is 2. The van der Waals surface area contributed by atoms with Crippen LogP contribution in [0.2, 0.25) is 0 Å². The molecular formula is C13H13N3. The van der Waals surface area contributed by atoms with Crippen molar-refractivity contribution in [2.24, 2.45) is 7.05 Å². The summed E-state index contributed by atoms with van der Waals surface area (Å²) in [5, 5.41) is 8.88. The van der Waals surface area contributed by atoms with Gasteiger partial charge in [-0.25, -0.2) is 4.98 Å². The summed E-state index contributed by atoms with van der Waals surface area (Å²) in [5.41, 5.74) is 4.07. The largest absolute Gasteiger partial charge is 0.319 e. The predicted octanol–water partition coefficient (Wildman–Crippen LogP) is 2.58. The third kappa shape index (κ3) is 1.59. The van der Waals surface area contributed by atoms with Crippen molar-refractivity contribution in [2.75, 3.05) is 0 Å². The summed E-state index contributed by atoms with van der Waals surface area (Å²) in [6, 6.07) is 8.35. The molecule has 0 aliphatic rings. The fourth-order valence-electron chi connectivity index (χ4n) is 1.83. The molecule has 0 saturated carbocycles. The molecule has 0 saturated heterocycles. The first-order valence-electron chi connectivity index (χ1n) is 5.13. The van der Waals surface area contributed by atoms with Gasteiger partial charge in [-0.1, -0.05) is 23.8 Å². The number of nitrogens with zero attached hydrogens (tertiary/aromatic N) is 3. The second-order valence-corrected chi connectivity index (χ2v) is 3.96. The molecule has 80 valence electrons. The number of imidazole rings is 1. The van der Waals surface area contributed by atoms with Crippen molar-refractivity contribution in [3.8, 4) is 17.5 Å². The minimum absolute atomic E-state index is 0.579. The molecule has 3 nitrogen and oxygen atoms in total. The Labute approximate surface area is 95.0 Å². The molecule has 0 radical (unpaired) electrons. The van der Waals surface area contributed by atoms with Crippen molar-refractivity contribution in [3.63, 3.8) is 0 Å². The van der Waals surface area contributed by atoms with Gasteiger partial charge in [0.1, 0.15) is 17.6 Å². The van der Waals surface area contributed by atoms with E-state index in [9.17, 15) is 0 Å². The van der Waals surface area contributed by atoms with Crippen molar-refractivity contribution in [1.82, 2.24) is 9.55 Å². The first-order chi connectivity index (χ1) is 7.63. The van der Waals surface area contributed by atoms with Gasteiger partial charge in [0.2, 0.25) is 0 Å². The summed E-state index contributed by atoms with van der Waals surface area (Å²) < 4.78 is 1.82. The third-order valence-corrected chi connectivity index (χ3v) is 2.73. The van der Waals surface area contributed by atoms with Crippen molar-refractivity contribution in [3.05, 3.63) is 41.2 Å². The molecule has 0 aliphatic heterocycles. The highest BCUT2D eigenvalue weighted by atomic mass is 15.1. The van der Waals surface area contributed by atoms with Crippen molar-refractivity contribution in [2.45, 2.75) is 13.8 Å². The Morgan fingerprint density at radius 1 is 1.31 bits per heavy atom. The van der Waals surface area contributed by atoms with Crippen LogP contribution in [0.3, 0.4) is 0 Å². The molecule has 2 aromatic rings. The zero-order valence-corrected chi connectivity index (χ0v) is 9.65. The number of aryl methyl sites for hydroxylation is 2. The SMILES string of the molecule is Cc1ccc(-c2ncc(C#N)n2C)c(C)c1. The molecule has 0 spiro atoms. The van der Waals surface area contributed by atoms with Crippen molar-refractivity contribution in [1.29, 1.82) is 5.26 Å². The van der Waals surface area contributed by atoms with E-state index in [1.807, 2.05) is 17.7 Å². The zero-order valence-electron chi connectivity index (χ0n) is 9.65. The van der Waals surface area contributed by atoms with Gasteiger partial charge in [0.25, 0.3) is 0 Å². The number of nitriles is 1. The van der Waals surface area contributed by atoms with Crippen LogP contribution in [0.5, 0.6) is 0 Å². The predicted molar refractivity (Wildman–Crippen MR) is 62.8 cm³/mol. The molecule has 1 heterocycles. The average Bonchev–Trinajstić information content (AvgIpc) is 2.60. The van der Waals surface area contributed by atoms with Crippen LogP contribution in [0, 0.1) is 25.2 Å². The third-order valence-electron chi connectivity index (χ3n) is 2.73. The van der Waals surface area contributed by atoms with Gasteiger partial charge in [-0.05, 0) is 19.4 Å². The van der Waals surface area contributed by atoms with Crippen LogP contribution in [-0.2, 0) is 7.05 Å². The lowest BCUT2D eigenvalue weighted by Gasteiger charge is -2.07. The lowest BCUT2D eigenvalue weighted by Crippen LogP contribution is -1.97. The molecule has 0 atom stereocenters. The standard InChI is InChI=1S/C13H13N3/c1-9-4-5-12(10(2)6-9)13-15-8-11(7-14)16(13)3/h4-6,8H,1-3H3. The lowest BCUT2D eigenvalue weighted by atomic mass is 10.1. The quantitative estimate of drug-likeness (QED) is 0.727. The summed E-state index contributed by atoms with van der Waals surface area (Å²) in [5.74, 6) is 0.842. The summed E-state index contributed by atoms with van der Waals surface area (Å²) in [7, 11) is 1.86. The van der Waals surface area contributed by atoms with Gasteiger partial charge >= 0.3 is 0 Å². The van der Waals surface area contributed by atoms with Crippen LogP contribution in [0.25, 0.3) is 11.4 Å². The number of hydrogen-bond acceptors (Lipinski definition) is 2. The number of benzene rings is 1. The molecule has 0 aliphatic carbocycles. The minimum atomic E-state index is 0.579. The van der Waals surface area contributed by atoms with E-state index in [4.69, 9.17) is 5.26 Å². The van der Waals surface area contributed by atoms with Crippen LogP contribution >= 0.6 is 0 Å². The van der Waals surface area contributed by atoms with Gasteiger partial charge in [-0.2, -0.15) is 5.26 Å². The Morgan fingerprint density at radius 2 is 2.06 bits per heavy atom. The number of hydrogen-bond donors (Lipinski definition) is 0. The zero-order chi connectivity index (χ0) is 11.7. The monoisotopic (exact) mass is 211 g/mol. The van der Waals surface area contributed by atoms with Crippen LogP contribution < -0.4 is 0 Å². The fourth-order valence-corrected chi connectivity index (χ4v) is 1.83. The van der Waals surface area contributed by atoms with E-state index < -0.39 is 0 Å². The van der Waals surface area contributed by atoms with Crippen LogP contribution in [0.1, 0.15) is 16.8 Å². The second-order valence-electron chi connectivity index (χ2n) is 3.96. The summed E-state index contributed by atoms with van der Waals surface area (Å²) >= 11 is 0. The maximum Gasteiger partial charge on any atom is 0.140 e. The van der Waals surface area contributed by atoms with Gasteiger partial charge in [0, 0.05) is 12.6 Å². The van der Waals surface area contributed by atoms with Crippen molar-refractivity contribution < 1.29 is 0 Å². The topological polar surface area (TPSA) is 41.6 Å². The summed E-state index contributed by atoms with van der Waals surface area (Å²) in [6.07, 6.45) is 1.61. The van der Waals surface area contributed by atoms with Gasteiger partial charge in [-0.15, -0.1) is 0 Å². The fraction of sp³-hybridized carbons (Fsp3) is 0.231. The number of rotatable bonds is 1. The highest BCUT2D eigenvalue weighted by Crippen LogP contribution is 2.23. The van der Waals surface area contributed by atoms with Gasteiger partial charge in [0.15, 0.2) is 0 Å². The molecule has 0 unspecified atom stereocenters. The summed E-state index contributed by atoms with van der Waals surface area (Å²) in [6.45, 7) is 4.12. The van der Waals surface area contributed by atoms with Gasteiger partial charge in [-0.3, -0.25) is 0 Å². The Morgan fingerprint density at radius 3 is 2.62 bits per heavy atom. The molecular weight excluding hydrogens is 198 g/mol. The molecule has 1 aromatic carbocycles. The highest BCUT2D eigenvalue weighted by Gasteiger charge is 2.10. The van der Waals surface area contributed by atoms with E-state index in [-0.39, 0.29) is 0 Å². The lowest BCUT2D eigenvalue weighted by molar-refractivity contribution is 0.906. The van der Waals surface area contributed by atoms with Gasteiger partial charge < -0.3 is 4.57 Å². The molecule has 0 amide bonds. The van der Waals surface area contributed by atoms with Gasteiger partial charge in [0.05, 0.1) is 6.20 Å². The Bertz CT molecular complexity index is 573. The van der Waals surface area contributed by atoms with E-state index in [1.165, 1.54) is 11.1 Å². The molecule has 0 N–H and O–H groups in total. The van der Waals surface area contributed by atoms with E-state index in [1.54, 1.807) is 6.20 Å².